The minimum Gasteiger partial charge on any atom is -0.444 e. The van der Waals surface area contributed by atoms with Gasteiger partial charge in [0, 0.05) is 31.2 Å². The van der Waals surface area contributed by atoms with Crippen LogP contribution in [-0.4, -0.2) is 59.0 Å². The fourth-order valence-electron chi connectivity index (χ4n) is 7.93. The highest BCUT2D eigenvalue weighted by molar-refractivity contribution is 6.74. The predicted molar refractivity (Wildman–Crippen MR) is 190 cm³/mol. The molecular weight excluding hydrogens is 597 g/mol. The molecule has 1 heterocycles. The second kappa shape index (κ2) is 13.2. The first-order valence-corrected chi connectivity index (χ1v) is 23.6. The fourth-order valence-corrected chi connectivity index (χ4v) is 10.4. The third-order valence-electron chi connectivity index (χ3n) is 12.9. The first-order valence-electron chi connectivity index (χ1n) is 17.8. The van der Waals surface area contributed by atoms with E-state index < -0.39 is 22.2 Å². The number of hydrogen-bond acceptors (Lipinski definition) is 5. The van der Waals surface area contributed by atoms with E-state index in [4.69, 9.17) is 13.6 Å². The third kappa shape index (κ3) is 8.97. The van der Waals surface area contributed by atoms with Crippen LogP contribution < -0.4 is 10.6 Å². The first kappa shape index (κ1) is 38.5. The average molecular weight is 667 g/mol. The molecule has 262 valence electrons. The summed E-state index contributed by atoms with van der Waals surface area (Å²) >= 11 is 0. The topological polar surface area (TPSA) is 85.9 Å². The zero-order valence-electron chi connectivity index (χ0n) is 31.8. The van der Waals surface area contributed by atoms with Crippen molar-refractivity contribution in [2.24, 2.45) is 29.1 Å². The maximum absolute atomic E-state index is 13.0. The summed E-state index contributed by atoms with van der Waals surface area (Å²) in [6.45, 7) is 35.2. The number of carbonyl (C=O) groups excluding carboxylic acids is 2. The highest BCUT2D eigenvalue weighted by atomic mass is 28.4. The molecule has 0 aromatic heterocycles. The molecule has 1 saturated heterocycles. The van der Waals surface area contributed by atoms with E-state index in [1.165, 1.54) is 0 Å². The van der Waals surface area contributed by atoms with Crippen molar-refractivity contribution in [3.8, 4) is 0 Å². The van der Waals surface area contributed by atoms with E-state index in [0.717, 1.165) is 45.1 Å². The summed E-state index contributed by atoms with van der Waals surface area (Å²) in [5.74, 6) is 1.43. The molecule has 2 aliphatic carbocycles. The van der Waals surface area contributed by atoms with Gasteiger partial charge in [-0.05, 0) is 132 Å². The Balaban J connectivity index is 1.97. The molecule has 7 nitrogen and oxygen atoms in total. The predicted octanol–water partition coefficient (Wildman–Crippen LogP) is 9.04. The number of ether oxygens (including phenoxy) is 1. The van der Waals surface area contributed by atoms with Gasteiger partial charge < -0.3 is 24.2 Å². The number of piperidine rings is 1. The molecule has 9 heteroatoms. The molecule has 3 rings (SSSR count). The lowest BCUT2D eigenvalue weighted by molar-refractivity contribution is -0.134. The Morgan fingerprint density at radius 3 is 2.04 bits per heavy atom. The van der Waals surface area contributed by atoms with E-state index in [1.807, 2.05) is 20.8 Å². The van der Waals surface area contributed by atoms with Crippen molar-refractivity contribution in [3.05, 3.63) is 0 Å². The van der Waals surface area contributed by atoms with Crippen LogP contribution in [0.5, 0.6) is 0 Å². The largest absolute Gasteiger partial charge is 0.444 e. The van der Waals surface area contributed by atoms with Crippen molar-refractivity contribution < 1.29 is 23.2 Å². The molecule has 7 atom stereocenters. The third-order valence-corrected chi connectivity index (χ3v) is 21.9. The van der Waals surface area contributed by atoms with E-state index in [0.29, 0.717) is 30.7 Å². The molecule has 3 aliphatic rings. The number of amides is 2. The molecular formula is C36H70N2O5Si2. The van der Waals surface area contributed by atoms with Crippen LogP contribution in [0.4, 0.5) is 4.79 Å². The van der Waals surface area contributed by atoms with Crippen molar-refractivity contribution >= 4 is 28.6 Å². The Hall–Kier alpha value is -0.906. The van der Waals surface area contributed by atoms with Gasteiger partial charge in [0.2, 0.25) is 5.91 Å². The Morgan fingerprint density at radius 2 is 1.49 bits per heavy atom. The van der Waals surface area contributed by atoms with Crippen molar-refractivity contribution in [1.82, 2.24) is 10.6 Å². The molecule has 1 aliphatic heterocycles. The van der Waals surface area contributed by atoms with Gasteiger partial charge in [0.05, 0.1) is 0 Å². The van der Waals surface area contributed by atoms with Crippen LogP contribution in [-0.2, 0) is 18.4 Å². The van der Waals surface area contributed by atoms with Crippen molar-refractivity contribution in [2.75, 3.05) is 13.2 Å². The highest BCUT2D eigenvalue weighted by Gasteiger charge is 2.57. The summed E-state index contributed by atoms with van der Waals surface area (Å²) in [4.78, 5) is 25.6. The van der Waals surface area contributed by atoms with Crippen molar-refractivity contribution in [1.29, 1.82) is 0 Å². The molecule has 1 unspecified atom stereocenters. The standard InChI is InChI=1S/C36H70N2O5Si2/c1-32(2,3)42-31(40)37-23-27-28(19-21-36(11)29(27)16-17-30(39)38-36)35(10)20-18-26(43-45(14,15)34(7,8)9)22-25(35)24-41-44(12,13)33(4,5)6/h25-29H,16-24H2,1-15H3,(H,37,40)(H,38,39)/t25-,26?,27-,28+,29+,35+,36+/m1/s1. The normalized spacial score (nSPS) is 33.7. The lowest BCUT2D eigenvalue weighted by atomic mass is 9.49. The van der Waals surface area contributed by atoms with E-state index in [2.05, 4.69) is 92.2 Å². The van der Waals surface area contributed by atoms with Gasteiger partial charge in [-0.25, -0.2) is 4.79 Å². The minimum atomic E-state index is -1.97. The van der Waals surface area contributed by atoms with E-state index >= 15 is 0 Å². The van der Waals surface area contributed by atoms with Crippen LogP contribution in [0.15, 0.2) is 0 Å². The van der Waals surface area contributed by atoms with Crippen LogP contribution in [0.3, 0.4) is 0 Å². The number of alkyl carbamates (subject to hydrolysis) is 1. The zero-order valence-corrected chi connectivity index (χ0v) is 33.8. The maximum Gasteiger partial charge on any atom is 0.407 e. The molecule has 2 N–H and O–H groups in total. The molecule has 2 amide bonds. The van der Waals surface area contributed by atoms with Gasteiger partial charge in [-0.1, -0.05) is 48.5 Å². The number of carbonyl (C=O) groups is 2. The zero-order chi connectivity index (χ0) is 34.4. The molecule has 2 saturated carbocycles. The van der Waals surface area contributed by atoms with Gasteiger partial charge in [0.15, 0.2) is 16.6 Å². The minimum absolute atomic E-state index is 0.0265. The van der Waals surface area contributed by atoms with Gasteiger partial charge in [-0.15, -0.1) is 0 Å². The molecule has 0 radical (unpaired) electrons. The highest BCUT2D eigenvalue weighted by Crippen LogP contribution is 2.58. The first-order chi connectivity index (χ1) is 20.2. The average Bonchev–Trinajstić information content (AvgIpc) is 2.84. The molecule has 0 spiro atoms. The fraction of sp³-hybridized carbons (Fsp3) is 0.944. The van der Waals surface area contributed by atoms with Gasteiger partial charge in [-0.3, -0.25) is 4.79 Å². The molecule has 3 fully saturated rings. The van der Waals surface area contributed by atoms with Crippen molar-refractivity contribution in [3.63, 3.8) is 0 Å². The number of rotatable bonds is 8. The smallest absolute Gasteiger partial charge is 0.407 e. The van der Waals surface area contributed by atoms with E-state index in [1.54, 1.807) is 0 Å². The SMILES string of the molecule is CC(C)(C)OC(=O)NC[C@@H]1[C@@H]([C@@]2(C)CCC(O[Si](C)(C)C(C)(C)C)C[C@@H]2CO[Si](C)(C)C(C)(C)C)CC[C@]2(C)NC(=O)CC[C@@H]12. The lowest BCUT2D eigenvalue weighted by Crippen LogP contribution is -2.64. The molecule has 0 aromatic carbocycles. The van der Waals surface area contributed by atoms with Crippen LogP contribution in [0.2, 0.25) is 36.3 Å². The van der Waals surface area contributed by atoms with Gasteiger partial charge in [0.1, 0.15) is 5.60 Å². The maximum atomic E-state index is 13.0. The quantitative estimate of drug-likeness (QED) is 0.253. The molecule has 45 heavy (non-hydrogen) atoms. The summed E-state index contributed by atoms with van der Waals surface area (Å²) < 4.78 is 19.8. The van der Waals surface area contributed by atoms with Gasteiger partial charge >= 0.3 is 6.09 Å². The lowest BCUT2D eigenvalue weighted by Gasteiger charge is -2.59. The number of hydrogen-bond donors (Lipinski definition) is 2. The summed E-state index contributed by atoms with van der Waals surface area (Å²) in [5, 5.41) is 6.88. The van der Waals surface area contributed by atoms with Crippen LogP contribution in [0, 0.1) is 29.1 Å². The van der Waals surface area contributed by atoms with Crippen molar-refractivity contribution in [2.45, 2.75) is 175 Å². The monoisotopic (exact) mass is 666 g/mol. The van der Waals surface area contributed by atoms with E-state index in [9.17, 15) is 9.59 Å². The van der Waals surface area contributed by atoms with E-state index in [-0.39, 0.29) is 45.1 Å². The van der Waals surface area contributed by atoms with Gasteiger partial charge in [-0.2, -0.15) is 0 Å². The van der Waals surface area contributed by atoms with Gasteiger partial charge in [0.25, 0.3) is 0 Å². The second-order valence-corrected chi connectivity index (χ2v) is 28.9. The van der Waals surface area contributed by atoms with Crippen LogP contribution >= 0.6 is 0 Å². The number of nitrogens with one attached hydrogen (secondary N) is 2. The Bertz CT molecular complexity index is 1060. The summed E-state index contributed by atoms with van der Waals surface area (Å²) in [5.41, 5.74) is -0.777. The second-order valence-electron chi connectivity index (χ2n) is 19.4. The summed E-state index contributed by atoms with van der Waals surface area (Å²) in [6.07, 6.45) is 6.43. The summed E-state index contributed by atoms with van der Waals surface area (Å²) in [7, 11) is -3.90. The Morgan fingerprint density at radius 1 is 0.889 bits per heavy atom. The molecule has 0 bridgehead atoms. The molecule has 0 aromatic rings. The van der Waals surface area contributed by atoms with Crippen LogP contribution in [0.25, 0.3) is 0 Å². The Labute approximate surface area is 278 Å². The summed E-state index contributed by atoms with van der Waals surface area (Å²) in [6, 6.07) is 0. The van der Waals surface area contributed by atoms with Crippen LogP contribution in [0.1, 0.15) is 121 Å². The number of fused-ring (bicyclic) bond motifs is 1. The Kier molecular flexibility index (Phi) is 11.3.